The molecule has 4 fully saturated rings. The molecule has 0 N–H and O–H groups in total. The number of carbonyl (C=O) groups is 1. The van der Waals surface area contributed by atoms with Gasteiger partial charge in [0.15, 0.2) is 12.0 Å². The van der Waals surface area contributed by atoms with Gasteiger partial charge in [0.25, 0.3) is 0 Å². The lowest BCUT2D eigenvalue weighted by atomic mass is 9.79. The molecule has 0 aliphatic carbocycles. The Labute approximate surface area is 276 Å². The number of amides is 1. The van der Waals surface area contributed by atoms with E-state index in [0.29, 0.717) is 43.3 Å². The second kappa shape index (κ2) is 12.6. The number of aromatic nitrogens is 4. The topological polar surface area (TPSA) is 122 Å². The van der Waals surface area contributed by atoms with Crippen LogP contribution in [0.1, 0.15) is 76.7 Å². The van der Waals surface area contributed by atoms with Crippen molar-refractivity contribution in [3.8, 4) is 23.3 Å². The first-order chi connectivity index (χ1) is 22.6. The zero-order valence-electron chi connectivity index (χ0n) is 28.1. The average Bonchev–Trinajstić information content (AvgIpc) is 3.80. The highest BCUT2D eigenvalue weighted by atomic mass is 16.6. The lowest BCUT2D eigenvalue weighted by Gasteiger charge is -2.47. The third-order valence-electron chi connectivity index (χ3n) is 9.91. The van der Waals surface area contributed by atoms with Gasteiger partial charge in [0.1, 0.15) is 23.8 Å². The van der Waals surface area contributed by atoms with Gasteiger partial charge in [0.2, 0.25) is 0 Å². The van der Waals surface area contributed by atoms with Crippen LogP contribution in [-0.2, 0) is 9.47 Å². The fourth-order valence-electron chi connectivity index (χ4n) is 7.56. The molecule has 1 aromatic carbocycles. The Kier molecular flexibility index (Phi) is 8.47. The molecule has 250 valence electrons. The quantitative estimate of drug-likeness (QED) is 0.336. The minimum absolute atomic E-state index is 0.0669. The van der Waals surface area contributed by atoms with Crippen LogP contribution in [0, 0.1) is 23.7 Å². The lowest BCUT2D eigenvalue weighted by Crippen LogP contribution is -2.60. The largest absolute Gasteiger partial charge is 0.462 e. The number of rotatable bonds is 7. The van der Waals surface area contributed by atoms with Crippen molar-refractivity contribution in [1.29, 1.82) is 5.26 Å². The summed E-state index contributed by atoms with van der Waals surface area (Å²) < 4.78 is 19.9. The fraction of sp³-hybridized carbons (Fsp3) is 0.629. The molecule has 1 spiro atoms. The van der Waals surface area contributed by atoms with E-state index in [0.717, 1.165) is 80.5 Å². The van der Waals surface area contributed by atoms with Gasteiger partial charge in [-0.15, -0.1) is 0 Å². The predicted molar refractivity (Wildman–Crippen MR) is 177 cm³/mol. The molecule has 1 amide bonds. The maximum absolute atomic E-state index is 12.7. The fourth-order valence-corrected chi connectivity index (χ4v) is 7.56. The van der Waals surface area contributed by atoms with Crippen molar-refractivity contribution < 1.29 is 19.0 Å². The van der Waals surface area contributed by atoms with Crippen LogP contribution >= 0.6 is 0 Å². The van der Waals surface area contributed by atoms with Crippen LogP contribution in [0.25, 0.3) is 22.2 Å². The van der Waals surface area contributed by atoms with E-state index in [9.17, 15) is 10.1 Å². The summed E-state index contributed by atoms with van der Waals surface area (Å²) in [6, 6.07) is 6.91. The third kappa shape index (κ3) is 6.35. The van der Waals surface area contributed by atoms with Crippen molar-refractivity contribution in [3.05, 3.63) is 29.5 Å². The summed E-state index contributed by atoms with van der Waals surface area (Å²) in [5, 5.41) is 16.4. The van der Waals surface area contributed by atoms with Gasteiger partial charge < -0.3 is 24.0 Å². The minimum Gasteiger partial charge on any atom is -0.462 e. The molecule has 3 aromatic rings. The standard InChI is InChI=1S/C35H46N8O4/c1-24-10-11-27-26(20-37-43(27)28-9-5-8-17-45-28)29(24)30-25(19-36)31(39-32(38-30)46-18-16-40-13-6-7-14-40)41-15-12-35(21-41)22-42(23-35)33(44)47-34(2,3)4/h10-11,20,28H,5-9,12-18,21-23H2,1-4H3. The van der Waals surface area contributed by atoms with E-state index in [1.807, 2.05) is 38.6 Å². The summed E-state index contributed by atoms with van der Waals surface area (Å²) in [6.07, 6.45) is 7.89. The maximum Gasteiger partial charge on any atom is 0.410 e. The van der Waals surface area contributed by atoms with Crippen LogP contribution in [0.5, 0.6) is 6.01 Å². The van der Waals surface area contributed by atoms with Crippen molar-refractivity contribution in [2.45, 2.75) is 78.0 Å². The van der Waals surface area contributed by atoms with Crippen molar-refractivity contribution in [2.24, 2.45) is 5.41 Å². The van der Waals surface area contributed by atoms with Gasteiger partial charge in [-0.2, -0.15) is 20.3 Å². The van der Waals surface area contributed by atoms with Crippen molar-refractivity contribution in [1.82, 2.24) is 29.5 Å². The minimum atomic E-state index is -0.535. The number of nitriles is 1. The summed E-state index contributed by atoms with van der Waals surface area (Å²) in [6.45, 7) is 14.5. The van der Waals surface area contributed by atoms with Gasteiger partial charge in [-0.25, -0.2) is 9.48 Å². The summed E-state index contributed by atoms with van der Waals surface area (Å²) in [7, 11) is 0. The molecular formula is C35H46N8O4. The van der Waals surface area contributed by atoms with Gasteiger partial charge in [-0.1, -0.05) is 6.07 Å². The van der Waals surface area contributed by atoms with Crippen LogP contribution in [0.3, 0.4) is 0 Å². The highest BCUT2D eigenvalue weighted by molar-refractivity contribution is 5.97. The predicted octanol–water partition coefficient (Wildman–Crippen LogP) is 5.29. The number of hydrogen-bond acceptors (Lipinski definition) is 10. The van der Waals surface area contributed by atoms with E-state index in [2.05, 4.69) is 28.0 Å². The summed E-state index contributed by atoms with van der Waals surface area (Å²) in [5.41, 5.74) is 3.20. The van der Waals surface area contributed by atoms with E-state index >= 15 is 0 Å². The van der Waals surface area contributed by atoms with E-state index in [-0.39, 0.29) is 23.7 Å². The van der Waals surface area contributed by atoms with Crippen LogP contribution < -0.4 is 9.64 Å². The highest BCUT2D eigenvalue weighted by Crippen LogP contribution is 2.44. The number of aryl methyl sites for hydroxylation is 1. The molecule has 6 heterocycles. The second-order valence-electron chi connectivity index (χ2n) is 14.7. The van der Waals surface area contributed by atoms with Crippen LogP contribution in [-0.4, -0.2) is 100 Å². The third-order valence-corrected chi connectivity index (χ3v) is 9.91. The van der Waals surface area contributed by atoms with Crippen molar-refractivity contribution >= 4 is 22.8 Å². The number of anilines is 1. The molecular weight excluding hydrogens is 596 g/mol. The van der Waals surface area contributed by atoms with E-state index < -0.39 is 5.60 Å². The van der Waals surface area contributed by atoms with Gasteiger partial charge in [0, 0.05) is 55.7 Å². The number of nitrogens with zero attached hydrogens (tertiary/aromatic N) is 8. The van der Waals surface area contributed by atoms with E-state index in [1.54, 1.807) is 4.90 Å². The summed E-state index contributed by atoms with van der Waals surface area (Å²) in [4.78, 5) is 28.9. The monoisotopic (exact) mass is 642 g/mol. The molecule has 0 bridgehead atoms. The first kappa shape index (κ1) is 31.6. The maximum atomic E-state index is 12.7. The Morgan fingerprint density at radius 3 is 2.64 bits per heavy atom. The number of fused-ring (bicyclic) bond motifs is 1. The Morgan fingerprint density at radius 1 is 1.11 bits per heavy atom. The summed E-state index contributed by atoms with van der Waals surface area (Å²) >= 11 is 0. The number of ether oxygens (including phenoxy) is 3. The Balaban J connectivity index is 1.22. The SMILES string of the molecule is Cc1ccc2c(cnn2C2CCCCO2)c1-c1nc(OCCN2CCCC2)nc(N2CCC3(CN(C(=O)OC(C)(C)C)C3)C2)c1C#N. The molecule has 12 nitrogen and oxygen atoms in total. The van der Waals surface area contributed by atoms with Crippen molar-refractivity contribution in [2.75, 3.05) is 63.9 Å². The van der Waals surface area contributed by atoms with Crippen LogP contribution in [0.4, 0.5) is 10.6 Å². The Hall–Kier alpha value is -3.95. The van der Waals surface area contributed by atoms with Crippen LogP contribution in [0.2, 0.25) is 0 Å². The molecule has 2 aromatic heterocycles. The van der Waals surface area contributed by atoms with E-state index in [4.69, 9.17) is 29.3 Å². The number of likely N-dealkylation sites (tertiary alicyclic amines) is 2. The molecule has 47 heavy (non-hydrogen) atoms. The second-order valence-corrected chi connectivity index (χ2v) is 14.7. The molecule has 0 saturated carbocycles. The molecule has 4 aliphatic heterocycles. The van der Waals surface area contributed by atoms with Gasteiger partial charge >= 0.3 is 12.1 Å². The highest BCUT2D eigenvalue weighted by Gasteiger charge is 2.51. The van der Waals surface area contributed by atoms with Gasteiger partial charge in [-0.05, 0) is 90.9 Å². The Bertz CT molecular complexity index is 1670. The molecule has 1 atom stereocenters. The van der Waals surface area contributed by atoms with E-state index in [1.165, 1.54) is 12.8 Å². The number of benzene rings is 1. The first-order valence-corrected chi connectivity index (χ1v) is 17.1. The number of carbonyl (C=O) groups excluding carboxylic acids is 1. The molecule has 1 unspecified atom stereocenters. The molecule has 12 heteroatoms. The van der Waals surface area contributed by atoms with Gasteiger partial charge in [0.05, 0.1) is 17.4 Å². The normalized spacial score (nSPS) is 21.3. The zero-order valence-corrected chi connectivity index (χ0v) is 28.1. The molecule has 7 rings (SSSR count). The van der Waals surface area contributed by atoms with Gasteiger partial charge in [-0.3, -0.25) is 4.90 Å². The summed E-state index contributed by atoms with van der Waals surface area (Å²) in [5.74, 6) is 0.584. The Morgan fingerprint density at radius 2 is 1.91 bits per heavy atom. The molecule has 4 aliphatic rings. The molecule has 4 saturated heterocycles. The molecule has 0 radical (unpaired) electrons. The number of hydrogen-bond donors (Lipinski definition) is 0. The smallest absolute Gasteiger partial charge is 0.410 e. The van der Waals surface area contributed by atoms with Crippen LogP contribution in [0.15, 0.2) is 18.3 Å². The first-order valence-electron chi connectivity index (χ1n) is 17.1. The lowest BCUT2D eigenvalue weighted by molar-refractivity contribution is -0.0366. The van der Waals surface area contributed by atoms with Crippen molar-refractivity contribution in [3.63, 3.8) is 0 Å². The zero-order chi connectivity index (χ0) is 32.8. The average molecular weight is 643 g/mol.